The third kappa shape index (κ3) is 2.72. The summed E-state index contributed by atoms with van der Waals surface area (Å²) < 4.78 is 14.5. The van der Waals surface area contributed by atoms with Crippen molar-refractivity contribution in [1.82, 2.24) is 4.90 Å². The first-order valence-corrected chi connectivity index (χ1v) is 6.70. The van der Waals surface area contributed by atoms with Crippen LogP contribution in [0.5, 0.6) is 0 Å². The van der Waals surface area contributed by atoms with Crippen molar-refractivity contribution in [1.29, 1.82) is 0 Å². The van der Waals surface area contributed by atoms with Gasteiger partial charge in [-0.2, -0.15) is 0 Å². The van der Waals surface area contributed by atoms with E-state index in [1.54, 1.807) is 12.1 Å². The Balaban J connectivity index is 2.12. The van der Waals surface area contributed by atoms with E-state index < -0.39 is 5.97 Å². The molecule has 0 amide bonds. The van der Waals surface area contributed by atoms with E-state index in [0.29, 0.717) is 29.5 Å². The number of likely N-dealkylation sites (tertiary alicyclic amines) is 1. The van der Waals surface area contributed by atoms with Crippen LogP contribution >= 0.6 is 15.9 Å². The lowest BCUT2D eigenvalue weighted by Gasteiger charge is -2.24. The van der Waals surface area contributed by atoms with Gasteiger partial charge in [0.25, 0.3) is 0 Å². The molecule has 3 nitrogen and oxygen atoms in total. The lowest BCUT2D eigenvalue weighted by Crippen LogP contribution is -2.26. The fraction of sp³-hybridized carbons (Fsp3) is 0.462. The van der Waals surface area contributed by atoms with Crippen LogP contribution < -0.4 is 0 Å². The van der Waals surface area contributed by atoms with E-state index in [9.17, 15) is 9.18 Å². The molecule has 0 bridgehead atoms. The fourth-order valence-electron chi connectivity index (χ4n) is 2.38. The highest BCUT2D eigenvalue weighted by Crippen LogP contribution is 2.30. The first-order valence-electron chi connectivity index (χ1n) is 5.91. The Morgan fingerprint density at radius 1 is 1.61 bits per heavy atom. The number of carbonyl (C=O) groups is 1. The fourth-order valence-corrected chi connectivity index (χ4v) is 2.71. The van der Waals surface area contributed by atoms with E-state index in [0.717, 1.165) is 0 Å². The molecular weight excluding hydrogens is 301 g/mol. The van der Waals surface area contributed by atoms with Gasteiger partial charge in [-0.05, 0) is 32.0 Å². The van der Waals surface area contributed by atoms with Gasteiger partial charge < -0.3 is 5.11 Å². The van der Waals surface area contributed by atoms with Crippen molar-refractivity contribution in [3.63, 3.8) is 0 Å². The molecule has 98 valence electrons. The van der Waals surface area contributed by atoms with Crippen LogP contribution in [0.4, 0.5) is 4.39 Å². The molecule has 1 N–H and O–H groups in total. The summed E-state index contributed by atoms with van der Waals surface area (Å²) in [5.74, 6) is -1.34. The summed E-state index contributed by atoms with van der Waals surface area (Å²) >= 11 is 3.23. The molecular formula is C13H15BrFNO2. The van der Waals surface area contributed by atoms with Gasteiger partial charge in [0.15, 0.2) is 0 Å². The molecule has 0 radical (unpaired) electrons. The molecule has 0 saturated carbocycles. The monoisotopic (exact) mass is 315 g/mol. The summed E-state index contributed by atoms with van der Waals surface area (Å²) in [6.07, 6.45) is 0.637. The molecule has 1 aromatic rings. The van der Waals surface area contributed by atoms with Crippen molar-refractivity contribution >= 4 is 21.9 Å². The van der Waals surface area contributed by atoms with E-state index in [-0.39, 0.29) is 17.8 Å². The van der Waals surface area contributed by atoms with Crippen molar-refractivity contribution in [2.24, 2.45) is 5.92 Å². The third-order valence-electron chi connectivity index (χ3n) is 3.53. The number of aliphatic carboxylic acids is 1. The van der Waals surface area contributed by atoms with Crippen LogP contribution in [-0.2, 0) is 4.79 Å². The summed E-state index contributed by atoms with van der Waals surface area (Å²) in [7, 11) is 0. The summed E-state index contributed by atoms with van der Waals surface area (Å²) in [4.78, 5) is 12.9. The van der Waals surface area contributed by atoms with Crippen LogP contribution in [0.3, 0.4) is 0 Å². The second kappa shape index (κ2) is 5.36. The van der Waals surface area contributed by atoms with Crippen molar-refractivity contribution in [2.75, 3.05) is 13.1 Å². The number of carboxylic acid groups (broad SMARTS) is 1. The van der Waals surface area contributed by atoms with Crippen LogP contribution in [0.1, 0.15) is 24.9 Å². The van der Waals surface area contributed by atoms with Gasteiger partial charge in [-0.25, -0.2) is 4.39 Å². The molecule has 18 heavy (non-hydrogen) atoms. The second-order valence-electron chi connectivity index (χ2n) is 4.66. The average molecular weight is 316 g/mol. The van der Waals surface area contributed by atoms with Gasteiger partial charge in [0.05, 0.1) is 5.92 Å². The maximum atomic E-state index is 13.8. The zero-order chi connectivity index (χ0) is 13.3. The molecule has 1 saturated heterocycles. The largest absolute Gasteiger partial charge is 0.481 e. The Morgan fingerprint density at radius 3 is 2.89 bits per heavy atom. The van der Waals surface area contributed by atoms with Gasteiger partial charge in [0.1, 0.15) is 5.82 Å². The highest BCUT2D eigenvalue weighted by molar-refractivity contribution is 9.10. The van der Waals surface area contributed by atoms with Gasteiger partial charge in [-0.1, -0.05) is 22.0 Å². The van der Waals surface area contributed by atoms with Crippen molar-refractivity contribution < 1.29 is 14.3 Å². The summed E-state index contributed by atoms with van der Waals surface area (Å²) in [5, 5.41) is 8.97. The standard InChI is InChI=1S/C13H15BrFNO2/c1-8(11-3-2-10(14)6-12(11)15)16-5-4-9(7-16)13(17)18/h2-3,6,8-9H,4-5,7H2,1H3,(H,17,18). The number of carboxylic acids is 1. The molecule has 2 atom stereocenters. The number of rotatable bonds is 3. The van der Waals surface area contributed by atoms with Gasteiger partial charge in [0, 0.05) is 22.6 Å². The highest BCUT2D eigenvalue weighted by Gasteiger charge is 2.31. The van der Waals surface area contributed by atoms with Crippen LogP contribution in [0, 0.1) is 11.7 Å². The predicted molar refractivity (Wildman–Crippen MR) is 69.8 cm³/mol. The van der Waals surface area contributed by atoms with Crippen molar-refractivity contribution in [3.05, 3.63) is 34.1 Å². The number of nitrogens with zero attached hydrogens (tertiary/aromatic N) is 1. The van der Waals surface area contributed by atoms with E-state index in [2.05, 4.69) is 15.9 Å². The van der Waals surface area contributed by atoms with Gasteiger partial charge in [-0.15, -0.1) is 0 Å². The minimum absolute atomic E-state index is 0.0950. The molecule has 0 aromatic heterocycles. The Labute approximate surface area is 114 Å². The molecule has 1 aliphatic rings. The zero-order valence-corrected chi connectivity index (χ0v) is 11.7. The maximum Gasteiger partial charge on any atom is 0.307 e. The maximum absolute atomic E-state index is 13.8. The van der Waals surface area contributed by atoms with Gasteiger partial charge in [0.2, 0.25) is 0 Å². The van der Waals surface area contributed by atoms with E-state index in [1.165, 1.54) is 6.07 Å². The Hall–Kier alpha value is -0.940. The topological polar surface area (TPSA) is 40.5 Å². The normalized spacial score (nSPS) is 22.1. The lowest BCUT2D eigenvalue weighted by atomic mass is 10.1. The number of hydrogen-bond acceptors (Lipinski definition) is 2. The number of hydrogen-bond donors (Lipinski definition) is 1. The van der Waals surface area contributed by atoms with Crippen LogP contribution in [0.15, 0.2) is 22.7 Å². The molecule has 1 aromatic carbocycles. The highest BCUT2D eigenvalue weighted by atomic mass is 79.9. The van der Waals surface area contributed by atoms with Gasteiger partial charge in [-0.3, -0.25) is 9.69 Å². The van der Waals surface area contributed by atoms with E-state index in [4.69, 9.17) is 5.11 Å². The van der Waals surface area contributed by atoms with Crippen LogP contribution in [-0.4, -0.2) is 29.1 Å². The molecule has 5 heteroatoms. The van der Waals surface area contributed by atoms with Gasteiger partial charge >= 0.3 is 5.97 Å². The van der Waals surface area contributed by atoms with Crippen molar-refractivity contribution in [3.8, 4) is 0 Å². The Bertz CT molecular complexity index is 466. The molecule has 0 aliphatic carbocycles. The molecule has 1 aliphatic heterocycles. The summed E-state index contributed by atoms with van der Waals surface area (Å²) in [5.41, 5.74) is 0.615. The SMILES string of the molecule is CC(c1ccc(Br)cc1F)N1CCC(C(=O)O)C1. The second-order valence-corrected chi connectivity index (χ2v) is 5.58. The van der Waals surface area contributed by atoms with E-state index >= 15 is 0 Å². The lowest BCUT2D eigenvalue weighted by molar-refractivity contribution is -0.141. The third-order valence-corrected chi connectivity index (χ3v) is 4.02. The first-order chi connectivity index (χ1) is 8.49. The summed E-state index contributed by atoms with van der Waals surface area (Å²) in [6.45, 7) is 3.11. The Kier molecular flexibility index (Phi) is 4.02. The number of benzene rings is 1. The minimum Gasteiger partial charge on any atom is -0.481 e. The number of halogens is 2. The zero-order valence-electron chi connectivity index (χ0n) is 10.1. The quantitative estimate of drug-likeness (QED) is 0.932. The minimum atomic E-state index is -0.763. The molecule has 0 spiro atoms. The first kappa shape index (κ1) is 13.5. The smallest absolute Gasteiger partial charge is 0.307 e. The predicted octanol–water partition coefficient (Wildman–Crippen LogP) is 3.06. The average Bonchev–Trinajstić information content (AvgIpc) is 2.77. The molecule has 1 fully saturated rings. The molecule has 2 rings (SSSR count). The summed E-state index contributed by atoms with van der Waals surface area (Å²) in [6, 6.07) is 4.90. The van der Waals surface area contributed by atoms with Crippen LogP contribution in [0.2, 0.25) is 0 Å². The van der Waals surface area contributed by atoms with Crippen LogP contribution in [0.25, 0.3) is 0 Å². The molecule has 2 unspecified atom stereocenters. The van der Waals surface area contributed by atoms with Crippen molar-refractivity contribution in [2.45, 2.75) is 19.4 Å². The Morgan fingerprint density at radius 2 is 2.33 bits per heavy atom. The van der Waals surface area contributed by atoms with E-state index in [1.807, 2.05) is 11.8 Å². The molecule has 1 heterocycles.